The van der Waals surface area contributed by atoms with Crippen LogP contribution in [0, 0.1) is 0 Å². The Hall–Kier alpha value is -1.42. The Kier molecular flexibility index (Phi) is 4.84. The van der Waals surface area contributed by atoms with Crippen molar-refractivity contribution in [2.45, 2.75) is 38.6 Å². The first-order valence-corrected chi connectivity index (χ1v) is 6.39. The standard InChI is InChI=1S/C14H20N2OS/c1-10(9-12(15)18)16-13(17)14(2,3)11-7-5-4-6-8-11/h4-8,10H,9H2,1-3H3,(H2,15,18)(H,16,17). The molecule has 0 saturated carbocycles. The Morgan fingerprint density at radius 1 is 1.39 bits per heavy atom. The van der Waals surface area contributed by atoms with E-state index in [1.807, 2.05) is 51.1 Å². The number of hydrogen-bond acceptors (Lipinski definition) is 2. The first kappa shape index (κ1) is 14.6. The minimum Gasteiger partial charge on any atom is -0.393 e. The lowest BCUT2D eigenvalue weighted by atomic mass is 9.83. The summed E-state index contributed by atoms with van der Waals surface area (Å²) >= 11 is 4.84. The van der Waals surface area contributed by atoms with Gasteiger partial charge in [-0.05, 0) is 26.3 Å². The van der Waals surface area contributed by atoms with Crippen LogP contribution in [0.15, 0.2) is 30.3 Å². The van der Waals surface area contributed by atoms with Crippen LogP contribution in [0.3, 0.4) is 0 Å². The summed E-state index contributed by atoms with van der Waals surface area (Å²) in [5.74, 6) is -0.0162. The van der Waals surface area contributed by atoms with Crippen LogP contribution in [0.5, 0.6) is 0 Å². The van der Waals surface area contributed by atoms with E-state index >= 15 is 0 Å². The Morgan fingerprint density at radius 2 is 1.94 bits per heavy atom. The largest absolute Gasteiger partial charge is 0.393 e. The molecule has 1 aromatic carbocycles. The number of nitrogens with one attached hydrogen (secondary N) is 1. The van der Waals surface area contributed by atoms with Crippen LogP contribution in [0.2, 0.25) is 0 Å². The number of rotatable bonds is 5. The maximum atomic E-state index is 12.3. The van der Waals surface area contributed by atoms with Crippen LogP contribution in [0.25, 0.3) is 0 Å². The van der Waals surface area contributed by atoms with Crippen LogP contribution >= 0.6 is 12.2 Å². The average Bonchev–Trinajstić information content (AvgIpc) is 2.28. The molecule has 18 heavy (non-hydrogen) atoms. The molecule has 0 fully saturated rings. The van der Waals surface area contributed by atoms with Crippen LogP contribution in [0.4, 0.5) is 0 Å². The normalized spacial score (nSPS) is 12.8. The quantitative estimate of drug-likeness (QED) is 0.801. The number of nitrogens with two attached hydrogens (primary N) is 1. The average molecular weight is 264 g/mol. The van der Waals surface area contributed by atoms with E-state index in [1.165, 1.54) is 0 Å². The molecule has 98 valence electrons. The summed E-state index contributed by atoms with van der Waals surface area (Å²) < 4.78 is 0. The molecule has 3 N–H and O–H groups in total. The fourth-order valence-corrected chi connectivity index (χ4v) is 1.99. The van der Waals surface area contributed by atoms with E-state index in [0.29, 0.717) is 11.4 Å². The Bertz CT molecular complexity index is 429. The van der Waals surface area contributed by atoms with Crippen LogP contribution in [-0.2, 0) is 10.2 Å². The zero-order chi connectivity index (χ0) is 13.8. The maximum absolute atomic E-state index is 12.3. The smallest absolute Gasteiger partial charge is 0.230 e. The van der Waals surface area contributed by atoms with Crippen LogP contribution in [-0.4, -0.2) is 16.9 Å². The van der Waals surface area contributed by atoms with Gasteiger partial charge in [-0.25, -0.2) is 0 Å². The van der Waals surface area contributed by atoms with Crippen molar-refractivity contribution < 1.29 is 4.79 Å². The topological polar surface area (TPSA) is 55.1 Å². The van der Waals surface area contributed by atoms with Crippen molar-refractivity contribution in [2.75, 3.05) is 0 Å². The molecule has 0 aliphatic rings. The number of benzene rings is 1. The SMILES string of the molecule is CC(CC(N)=S)NC(=O)C(C)(C)c1ccccc1. The van der Waals surface area contributed by atoms with Crippen molar-refractivity contribution >= 4 is 23.1 Å². The van der Waals surface area contributed by atoms with E-state index in [-0.39, 0.29) is 11.9 Å². The molecule has 0 radical (unpaired) electrons. The van der Waals surface area contributed by atoms with Gasteiger partial charge in [0.15, 0.2) is 0 Å². The van der Waals surface area contributed by atoms with E-state index < -0.39 is 5.41 Å². The van der Waals surface area contributed by atoms with Crippen LogP contribution in [0.1, 0.15) is 32.8 Å². The number of carbonyl (C=O) groups excluding carboxylic acids is 1. The molecule has 1 atom stereocenters. The molecule has 0 aromatic heterocycles. The van der Waals surface area contributed by atoms with Gasteiger partial charge < -0.3 is 11.1 Å². The first-order valence-electron chi connectivity index (χ1n) is 5.99. The molecule has 0 saturated heterocycles. The fourth-order valence-electron chi connectivity index (χ4n) is 1.74. The molecule has 0 aliphatic heterocycles. The molecule has 3 nitrogen and oxygen atoms in total. The van der Waals surface area contributed by atoms with E-state index in [1.54, 1.807) is 0 Å². The second-order valence-electron chi connectivity index (χ2n) is 5.04. The van der Waals surface area contributed by atoms with Crippen molar-refractivity contribution in [1.29, 1.82) is 0 Å². The van der Waals surface area contributed by atoms with Crippen molar-refractivity contribution in [3.8, 4) is 0 Å². The lowest BCUT2D eigenvalue weighted by molar-refractivity contribution is -0.126. The predicted molar refractivity (Wildman–Crippen MR) is 78.5 cm³/mol. The van der Waals surface area contributed by atoms with Gasteiger partial charge in [-0.2, -0.15) is 0 Å². The van der Waals surface area contributed by atoms with Gasteiger partial charge >= 0.3 is 0 Å². The second-order valence-corrected chi connectivity index (χ2v) is 5.56. The number of hydrogen-bond donors (Lipinski definition) is 2. The van der Waals surface area contributed by atoms with E-state index in [4.69, 9.17) is 18.0 Å². The summed E-state index contributed by atoms with van der Waals surface area (Å²) in [7, 11) is 0. The van der Waals surface area contributed by atoms with Crippen LogP contribution < -0.4 is 11.1 Å². The van der Waals surface area contributed by atoms with Crippen molar-refractivity contribution in [3.63, 3.8) is 0 Å². The minimum atomic E-state index is -0.564. The van der Waals surface area contributed by atoms with Gasteiger partial charge in [-0.15, -0.1) is 0 Å². The van der Waals surface area contributed by atoms with Crippen molar-refractivity contribution in [3.05, 3.63) is 35.9 Å². The number of amides is 1. The highest BCUT2D eigenvalue weighted by Crippen LogP contribution is 2.23. The molecular weight excluding hydrogens is 244 g/mol. The lowest BCUT2D eigenvalue weighted by Crippen LogP contribution is -2.45. The molecule has 0 heterocycles. The van der Waals surface area contributed by atoms with Gasteiger partial charge in [0.2, 0.25) is 5.91 Å². The van der Waals surface area contributed by atoms with E-state index in [9.17, 15) is 4.79 Å². The Morgan fingerprint density at radius 3 is 2.44 bits per heavy atom. The molecule has 1 rings (SSSR count). The maximum Gasteiger partial charge on any atom is 0.230 e. The zero-order valence-corrected chi connectivity index (χ0v) is 11.9. The third kappa shape index (κ3) is 3.81. The summed E-state index contributed by atoms with van der Waals surface area (Å²) in [5.41, 5.74) is 5.90. The fraction of sp³-hybridized carbons (Fsp3) is 0.429. The summed E-state index contributed by atoms with van der Waals surface area (Å²) in [6.07, 6.45) is 0.520. The van der Waals surface area contributed by atoms with Gasteiger partial charge in [0.25, 0.3) is 0 Å². The highest BCUT2D eigenvalue weighted by Gasteiger charge is 2.30. The minimum absolute atomic E-state index is 0.0162. The summed E-state index contributed by atoms with van der Waals surface area (Å²) in [4.78, 5) is 12.7. The van der Waals surface area contributed by atoms with Gasteiger partial charge in [-0.1, -0.05) is 42.5 Å². The molecule has 0 bridgehead atoms. The molecule has 1 amide bonds. The molecule has 1 unspecified atom stereocenters. The molecule has 1 aromatic rings. The molecule has 0 aliphatic carbocycles. The van der Waals surface area contributed by atoms with Gasteiger partial charge in [0.1, 0.15) is 0 Å². The third-order valence-corrected chi connectivity index (χ3v) is 3.11. The molecular formula is C14H20N2OS. The summed E-state index contributed by atoms with van der Waals surface area (Å²) in [5, 5.41) is 2.94. The monoisotopic (exact) mass is 264 g/mol. The van der Waals surface area contributed by atoms with Gasteiger partial charge in [-0.3, -0.25) is 4.79 Å². The van der Waals surface area contributed by atoms with Gasteiger partial charge in [0.05, 0.1) is 10.4 Å². The highest BCUT2D eigenvalue weighted by molar-refractivity contribution is 7.80. The Labute approximate surface area is 114 Å². The third-order valence-electron chi connectivity index (χ3n) is 2.95. The lowest BCUT2D eigenvalue weighted by Gasteiger charge is -2.26. The summed E-state index contributed by atoms with van der Waals surface area (Å²) in [6.45, 7) is 5.72. The highest BCUT2D eigenvalue weighted by atomic mass is 32.1. The number of carbonyl (C=O) groups is 1. The first-order chi connectivity index (χ1) is 8.34. The number of thiocarbonyl (C=S) groups is 1. The zero-order valence-electron chi connectivity index (χ0n) is 11.1. The summed E-state index contributed by atoms with van der Waals surface area (Å²) in [6, 6.07) is 9.67. The molecule has 0 spiro atoms. The Balaban J connectivity index is 2.74. The van der Waals surface area contributed by atoms with E-state index in [0.717, 1.165) is 5.56 Å². The second kappa shape index (κ2) is 5.96. The predicted octanol–water partition coefficient (Wildman–Crippen LogP) is 2.15. The van der Waals surface area contributed by atoms with Gasteiger partial charge in [0, 0.05) is 12.5 Å². The molecule has 4 heteroatoms. The van der Waals surface area contributed by atoms with Crippen molar-refractivity contribution in [1.82, 2.24) is 5.32 Å². The van der Waals surface area contributed by atoms with E-state index in [2.05, 4.69) is 5.32 Å². The van der Waals surface area contributed by atoms with Crippen molar-refractivity contribution in [2.24, 2.45) is 5.73 Å².